The number of hydrogen-bond acceptors (Lipinski definition) is 3. The molecule has 0 saturated carbocycles. The van der Waals surface area contributed by atoms with Crippen molar-refractivity contribution in [2.24, 2.45) is 0 Å². The van der Waals surface area contributed by atoms with Gasteiger partial charge in [-0.05, 0) is 37.1 Å². The van der Waals surface area contributed by atoms with Crippen molar-refractivity contribution in [1.29, 1.82) is 0 Å². The molecule has 1 aliphatic heterocycles. The molecule has 0 aliphatic carbocycles. The van der Waals surface area contributed by atoms with Crippen molar-refractivity contribution >= 4 is 17.7 Å². The summed E-state index contributed by atoms with van der Waals surface area (Å²) in [7, 11) is 0. The minimum atomic E-state index is -0.0180. The first-order valence-corrected chi connectivity index (χ1v) is 7.54. The normalized spacial score (nSPS) is 16.8. The summed E-state index contributed by atoms with van der Waals surface area (Å²) in [6.45, 7) is 2.57. The van der Waals surface area contributed by atoms with E-state index in [1.54, 1.807) is 18.0 Å². The van der Waals surface area contributed by atoms with Crippen LogP contribution < -0.4 is 5.32 Å². The molecule has 0 radical (unpaired) electrons. The minimum Gasteiger partial charge on any atom is -0.349 e. The number of pyridine rings is 1. The fourth-order valence-electron chi connectivity index (χ4n) is 2.28. The van der Waals surface area contributed by atoms with Gasteiger partial charge in [-0.25, -0.2) is 0 Å². The summed E-state index contributed by atoms with van der Waals surface area (Å²) in [5.74, 6) is 0.0921. The van der Waals surface area contributed by atoms with E-state index in [0.29, 0.717) is 6.54 Å². The second-order valence-electron chi connectivity index (χ2n) is 4.96. The van der Waals surface area contributed by atoms with Crippen LogP contribution in [0.15, 0.2) is 47.5 Å². The van der Waals surface area contributed by atoms with E-state index in [-0.39, 0.29) is 11.2 Å². The second kappa shape index (κ2) is 5.67. The Bertz CT molecular complexity index is 628. The highest BCUT2D eigenvalue weighted by Crippen LogP contribution is 2.37. The summed E-state index contributed by atoms with van der Waals surface area (Å²) in [4.78, 5) is 17.7. The Labute approximate surface area is 122 Å². The Balaban J connectivity index is 1.60. The molecule has 0 fully saturated rings. The molecule has 1 aromatic heterocycles. The van der Waals surface area contributed by atoms with Gasteiger partial charge in [0.05, 0.1) is 17.5 Å². The lowest BCUT2D eigenvalue weighted by Gasteiger charge is -2.09. The highest BCUT2D eigenvalue weighted by Gasteiger charge is 2.27. The number of benzene rings is 1. The standard InChI is InChI=1S/C16H16N2OS/c1-11-5-6-12-9-15(20-14(12)8-11)16(19)18-10-13-4-2-3-7-17-13/h2-8,15H,9-10H2,1H3,(H,18,19). The number of carbonyl (C=O) groups is 1. The summed E-state index contributed by atoms with van der Waals surface area (Å²) >= 11 is 1.66. The van der Waals surface area contributed by atoms with Crippen LogP contribution >= 0.6 is 11.8 Å². The highest BCUT2D eigenvalue weighted by molar-refractivity contribution is 8.01. The lowest BCUT2D eigenvalue weighted by molar-refractivity contribution is -0.120. The van der Waals surface area contributed by atoms with Crippen molar-refractivity contribution in [2.45, 2.75) is 30.0 Å². The fraction of sp³-hybridized carbons (Fsp3) is 0.250. The quantitative estimate of drug-likeness (QED) is 0.942. The van der Waals surface area contributed by atoms with Gasteiger partial charge in [0.1, 0.15) is 0 Å². The molecule has 2 heterocycles. The van der Waals surface area contributed by atoms with Crippen molar-refractivity contribution in [1.82, 2.24) is 10.3 Å². The Morgan fingerprint density at radius 3 is 3.10 bits per heavy atom. The van der Waals surface area contributed by atoms with E-state index in [4.69, 9.17) is 0 Å². The summed E-state index contributed by atoms with van der Waals surface area (Å²) in [5.41, 5.74) is 3.40. The van der Waals surface area contributed by atoms with Crippen molar-refractivity contribution in [2.75, 3.05) is 0 Å². The van der Waals surface area contributed by atoms with Crippen LogP contribution in [-0.4, -0.2) is 16.1 Å². The molecular formula is C16H16N2OS. The maximum atomic E-state index is 12.2. The van der Waals surface area contributed by atoms with Crippen LogP contribution in [0.2, 0.25) is 0 Å². The number of amides is 1. The van der Waals surface area contributed by atoms with Gasteiger partial charge in [0, 0.05) is 11.1 Å². The largest absolute Gasteiger partial charge is 0.349 e. The zero-order valence-electron chi connectivity index (χ0n) is 11.3. The average Bonchev–Trinajstić information content (AvgIpc) is 2.89. The van der Waals surface area contributed by atoms with Gasteiger partial charge in [-0.1, -0.05) is 23.8 Å². The molecule has 2 aromatic rings. The van der Waals surface area contributed by atoms with Gasteiger partial charge in [-0.2, -0.15) is 0 Å². The monoisotopic (exact) mass is 284 g/mol. The van der Waals surface area contributed by atoms with Gasteiger partial charge in [0.25, 0.3) is 0 Å². The third kappa shape index (κ3) is 2.85. The summed E-state index contributed by atoms with van der Waals surface area (Å²) in [6, 6.07) is 12.1. The summed E-state index contributed by atoms with van der Waals surface area (Å²) in [5, 5.41) is 2.95. The minimum absolute atomic E-state index is 0.0180. The molecule has 102 valence electrons. The number of carbonyl (C=O) groups excluding carboxylic acids is 1. The molecule has 1 amide bonds. The zero-order valence-corrected chi connectivity index (χ0v) is 12.1. The number of rotatable bonds is 3. The Morgan fingerprint density at radius 1 is 1.40 bits per heavy atom. The first-order chi connectivity index (χ1) is 9.72. The van der Waals surface area contributed by atoms with Crippen LogP contribution in [0.4, 0.5) is 0 Å². The molecule has 1 aliphatic rings. The van der Waals surface area contributed by atoms with E-state index in [1.807, 2.05) is 18.2 Å². The van der Waals surface area contributed by atoms with E-state index in [2.05, 4.69) is 35.4 Å². The molecule has 1 N–H and O–H groups in total. The second-order valence-corrected chi connectivity index (χ2v) is 6.21. The number of aryl methyl sites for hydroxylation is 1. The molecule has 3 rings (SSSR count). The zero-order chi connectivity index (χ0) is 13.9. The van der Waals surface area contributed by atoms with Gasteiger partial charge in [0.2, 0.25) is 5.91 Å². The van der Waals surface area contributed by atoms with E-state index >= 15 is 0 Å². The molecule has 1 atom stereocenters. The van der Waals surface area contributed by atoms with E-state index in [0.717, 1.165) is 12.1 Å². The molecule has 0 spiro atoms. The van der Waals surface area contributed by atoms with Crippen LogP contribution in [0, 0.1) is 6.92 Å². The maximum Gasteiger partial charge on any atom is 0.234 e. The lowest BCUT2D eigenvalue weighted by atomic mass is 10.1. The topological polar surface area (TPSA) is 42.0 Å². The summed E-state index contributed by atoms with van der Waals surface area (Å²) in [6.07, 6.45) is 2.55. The van der Waals surface area contributed by atoms with E-state index < -0.39 is 0 Å². The molecule has 20 heavy (non-hydrogen) atoms. The van der Waals surface area contributed by atoms with Gasteiger partial charge in [-0.3, -0.25) is 9.78 Å². The third-order valence-electron chi connectivity index (χ3n) is 3.36. The van der Waals surface area contributed by atoms with Crippen molar-refractivity contribution in [3.05, 3.63) is 59.4 Å². The third-order valence-corrected chi connectivity index (χ3v) is 4.66. The predicted octanol–water partition coefficient (Wildman–Crippen LogP) is 2.72. The summed E-state index contributed by atoms with van der Waals surface area (Å²) < 4.78 is 0. The Kier molecular flexibility index (Phi) is 3.74. The van der Waals surface area contributed by atoms with Gasteiger partial charge < -0.3 is 5.32 Å². The Morgan fingerprint density at radius 2 is 2.30 bits per heavy atom. The van der Waals surface area contributed by atoms with Gasteiger partial charge >= 0.3 is 0 Å². The van der Waals surface area contributed by atoms with Crippen LogP contribution in [0.3, 0.4) is 0 Å². The average molecular weight is 284 g/mol. The highest BCUT2D eigenvalue weighted by atomic mass is 32.2. The van der Waals surface area contributed by atoms with Crippen molar-refractivity contribution < 1.29 is 4.79 Å². The van der Waals surface area contributed by atoms with Crippen LogP contribution in [0.1, 0.15) is 16.8 Å². The number of thioether (sulfide) groups is 1. The number of hydrogen-bond donors (Lipinski definition) is 1. The molecule has 4 heteroatoms. The number of nitrogens with one attached hydrogen (secondary N) is 1. The van der Waals surface area contributed by atoms with Gasteiger partial charge in [0.15, 0.2) is 0 Å². The van der Waals surface area contributed by atoms with E-state index in [9.17, 15) is 4.79 Å². The lowest BCUT2D eigenvalue weighted by Crippen LogP contribution is -2.32. The fourth-order valence-corrected chi connectivity index (χ4v) is 3.59. The first-order valence-electron chi connectivity index (χ1n) is 6.66. The number of fused-ring (bicyclic) bond motifs is 1. The maximum absolute atomic E-state index is 12.2. The molecule has 0 saturated heterocycles. The molecule has 1 aromatic carbocycles. The molecule has 3 nitrogen and oxygen atoms in total. The van der Waals surface area contributed by atoms with E-state index in [1.165, 1.54) is 16.0 Å². The van der Waals surface area contributed by atoms with Crippen molar-refractivity contribution in [3.8, 4) is 0 Å². The smallest absolute Gasteiger partial charge is 0.234 e. The van der Waals surface area contributed by atoms with Crippen molar-refractivity contribution in [3.63, 3.8) is 0 Å². The first kappa shape index (κ1) is 13.2. The molecule has 0 bridgehead atoms. The van der Waals surface area contributed by atoms with Crippen LogP contribution in [0.5, 0.6) is 0 Å². The van der Waals surface area contributed by atoms with Crippen LogP contribution in [-0.2, 0) is 17.8 Å². The molecular weight excluding hydrogens is 268 g/mol. The van der Waals surface area contributed by atoms with Gasteiger partial charge in [-0.15, -0.1) is 11.8 Å². The number of nitrogens with zero attached hydrogens (tertiary/aromatic N) is 1. The predicted molar refractivity (Wildman–Crippen MR) is 80.6 cm³/mol. The number of aromatic nitrogens is 1. The molecule has 1 unspecified atom stereocenters. The van der Waals surface area contributed by atoms with Crippen LogP contribution in [0.25, 0.3) is 0 Å². The SMILES string of the molecule is Cc1ccc2c(c1)SC(C(=O)NCc1ccccn1)C2. The Hall–Kier alpha value is -1.81.